The quantitative estimate of drug-likeness (QED) is 0.618. The summed E-state index contributed by atoms with van der Waals surface area (Å²) in [5.41, 5.74) is 0.795. The number of ether oxygens (including phenoxy) is 1. The van der Waals surface area contributed by atoms with Gasteiger partial charge in [0.25, 0.3) is 0 Å². The average Bonchev–Trinajstić information content (AvgIpc) is 2.78. The van der Waals surface area contributed by atoms with Gasteiger partial charge in [0.2, 0.25) is 5.91 Å². The van der Waals surface area contributed by atoms with Crippen LogP contribution in [0, 0.1) is 15.4 Å². The Morgan fingerprint density at radius 2 is 2.19 bits per heavy atom. The molecule has 2 atom stereocenters. The lowest BCUT2D eigenvalue weighted by molar-refractivity contribution is -0.146. The van der Waals surface area contributed by atoms with Crippen LogP contribution in [0.25, 0.3) is 0 Å². The Morgan fingerprint density at radius 1 is 1.43 bits per heavy atom. The molecule has 1 saturated heterocycles. The molecule has 21 heavy (non-hydrogen) atoms. The number of methoxy groups -OCH3 is 1. The molecule has 0 aromatic heterocycles. The first-order valence-electron chi connectivity index (χ1n) is 6.85. The van der Waals surface area contributed by atoms with Gasteiger partial charge in [-0.15, -0.1) is 0 Å². The topological polar surface area (TPSA) is 58.6 Å². The van der Waals surface area contributed by atoms with E-state index in [1.54, 1.807) is 0 Å². The lowest BCUT2D eigenvalue weighted by Gasteiger charge is -2.15. The summed E-state index contributed by atoms with van der Waals surface area (Å²) in [6.45, 7) is 3.62. The largest absolute Gasteiger partial charge is 0.469 e. The van der Waals surface area contributed by atoms with Crippen LogP contribution < -0.4 is 5.32 Å². The van der Waals surface area contributed by atoms with Gasteiger partial charge in [-0.1, -0.05) is 13.0 Å². The summed E-state index contributed by atoms with van der Waals surface area (Å²) in [5.74, 6) is -0.180. The zero-order chi connectivity index (χ0) is 15.4. The van der Waals surface area contributed by atoms with Crippen molar-refractivity contribution in [3.05, 3.63) is 27.8 Å². The van der Waals surface area contributed by atoms with Gasteiger partial charge in [0.15, 0.2) is 0 Å². The molecule has 5 nitrogen and oxygen atoms in total. The van der Waals surface area contributed by atoms with Crippen molar-refractivity contribution in [3.63, 3.8) is 0 Å². The number of carbonyl (C=O) groups is 2. The van der Waals surface area contributed by atoms with E-state index in [4.69, 9.17) is 4.74 Å². The van der Waals surface area contributed by atoms with Gasteiger partial charge in [0.1, 0.15) is 0 Å². The van der Waals surface area contributed by atoms with Crippen molar-refractivity contribution in [1.29, 1.82) is 0 Å². The molecule has 2 rings (SSSR count). The molecule has 1 heterocycles. The highest BCUT2D eigenvalue weighted by molar-refractivity contribution is 14.1. The zero-order valence-corrected chi connectivity index (χ0v) is 14.3. The van der Waals surface area contributed by atoms with Gasteiger partial charge in [0, 0.05) is 22.3 Å². The number of halogens is 1. The standard InChI is InChI=1S/C15H19IN2O3/c1-10-7-18(8-13(10)15(20)21-2)9-14(19)17-12-5-3-4-11(16)6-12/h3-6,10,13H,7-9H2,1-2H3,(H,17,19). The van der Waals surface area contributed by atoms with E-state index in [2.05, 4.69) is 27.9 Å². The number of rotatable bonds is 4. The van der Waals surface area contributed by atoms with Gasteiger partial charge < -0.3 is 10.1 Å². The van der Waals surface area contributed by atoms with Crippen molar-refractivity contribution < 1.29 is 14.3 Å². The van der Waals surface area contributed by atoms with E-state index in [-0.39, 0.29) is 23.7 Å². The van der Waals surface area contributed by atoms with Crippen molar-refractivity contribution in [2.75, 3.05) is 32.1 Å². The summed E-state index contributed by atoms with van der Waals surface area (Å²) in [6.07, 6.45) is 0. The van der Waals surface area contributed by atoms with Crippen molar-refractivity contribution in [2.24, 2.45) is 11.8 Å². The molecular weight excluding hydrogens is 383 g/mol. The fourth-order valence-electron chi connectivity index (χ4n) is 2.62. The smallest absolute Gasteiger partial charge is 0.310 e. The first-order chi connectivity index (χ1) is 9.99. The molecule has 2 unspecified atom stereocenters. The minimum atomic E-state index is -0.192. The van der Waals surface area contributed by atoms with E-state index < -0.39 is 0 Å². The number of amides is 1. The molecular formula is C15H19IN2O3. The number of likely N-dealkylation sites (tertiary alicyclic amines) is 1. The van der Waals surface area contributed by atoms with E-state index in [0.29, 0.717) is 13.1 Å². The zero-order valence-electron chi connectivity index (χ0n) is 12.1. The van der Waals surface area contributed by atoms with Gasteiger partial charge in [-0.05, 0) is 46.7 Å². The number of nitrogens with zero attached hydrogens (tertiary/aromatic N) is 1. The van der Waals surface area contributed by atoms with Gasteiger partial charge >= 0.3 is 5.97 Å². The molecule has 0 radical (unpaired) electrons. The second-order valence-electron chi connectivity index (χ2n) is 5.36. The molecule has 1 N–H and O–H groups in total. The molecule has 0 aliphatic carbocycles. The molecule has 6 heteroatoms. The van der Waals surface area contributed by atoms with E-state index in [0.717, 1.165) is 15.8 Å². The van der Waals surface area contributed by atoms with Crippen LogP contribution in [0.3, 0.4) is 0 Å². The van der Waals surface area contributed by atoms with Crippen molar-refractivity contribution in [1.82, 2.24) is 4.90 Å². The van der Waals surface area contributed by atoms with E-state index >= 15 is 0 Å². The summed E-state index contributed by atoms with van der Waals surface area (Å²) in [4.78, 5) is 25.7. The fraction of sp³-hybridized carbons (Fsp3) is 0.467. The summed E-state index contributed by atoms with van der Waals surface area (Å²) in [6, 6.07) is 7.66. The average molecular weight is 402 g/mol. The monoisotopic (exact) mass is 402 g/mol. The van der Waals surface area contributed by atoms with Crippen LogP contribution >= 0.6 is 22.6 Å². The highest BCUT2D eigenvalue weighted by Gasteiger charge is 2.36. The lowest BCUT2D eigenvalue weighted by Crippen LogP contribution is -2.32. The number of carbonyl (C=O) groups excluding carboxylic acids is 2. The molecule has 0 bridgehead atoms. The van der Waals surface area contributed by atoms with Crippen LogP contribution in [0.5, 0.6) is 0 Å². The number of hydrogen-bond acceptors (Lipinski definition) is 4. The van der Waals surface area contributed by atoms with Crippen LogP contribution in [0.15, 0.2) is 24.3 Å². The third kappa shape index (κ3) is 4.41. The third-order valence-corrected chi connectivity index (χ3v) is 4.34. The Morgan fingerprint density at radius 3 is 2.86 bits per heavy atom. The van der Waals surface area contributed by atoms with Crippen molar-refractivity contribution >= 4 is 40.2 Å². The maximum absolute atomic E-state index is 12.1. The number of anilines is 1. The maximum Gasteiger partial charge on any atom is 0.310 e. The Labute approximate surface area is 138 Å². The Balaban J connectivity index is 1.88. The van der Waals surface area contributed by atoms with Crippen molar-refractivity contribution in [3.8, 4) is 0 Å². The Bertz CT molecular complexity index is 535. The summed E-state index contributed by atoms with van der Waals surface area (Å²) in [7, 11) is 1.40. The molecule has 0 spiro atoms. The van der Waals surface area contributed by atoms with Gasteiger partial charge in [0.05, 0.1) is 19.6 Å². The molecule has 114 valence electrons. The molecule has 0 saturated carbocycles. The molecule has 1 aromatic rings. The van der Waals surface area contributed by atoms with E-state index in [9.17, 15) is 9.59 Å². The molecule has 1 aromatic carbocycles. The molecule has 1 amide bonds. The first-order valence-corrected chi connectivity index (χ1v) is 7.93. The van der Waals surface area contributed by atoms with Crippen LogP contribution in [0.4, 0.5) is 5.69 Å². The highest BCUT2D eigenvalue weighted by atomic mass is 127. The number of esters is 1. The minimum Gasteiger partial charge on any atom is -0.469 e. The molecule has 1 aliphatic rings. The summed E-state index contributed by atoms with van der Waals surface area (Å²) < 4.78 is 5.87. The van der Waals surface area contributed by atoms with Crippen molar-refractivity contribution in [2.45, 2.75) is 6.92 Å². The van der Waals surface area contributed by atoms with Crippen LogP contribution in [0.2, 0.25) is 0 Å². The summed E-state index contributed by atoms with van der Waals surface area (Å²) in [5, 5.41) is 2.88. The minimum absolute atomic E-state index is 0.0604. The van der Waals surface area contributed by atoms with Gasteiger partial charge in [-0.3, -0.25) is 14.5 Å². The van der Waals surface area contributed by atoms with Crippen LogP contribution in [-0.4, -0.2) is 43.5 Å². The number of hydrogen-bond donors (Lipinski definition) is 1. The Kier molecular flexibility index (Phi) is 5.58. The van der Waals surface area contributed by atoms with Gasteiger partial charge in [-0.25, -0.2) is 0 Å². The van der Waals surface area contributed by atoms with E-state index in [1.165, 1.54) is 7.11 Å². The highest BCUT2D eigenvalue weighted by Crippen LogP contribution is 2.23. The number of benzene rings is 1. The second-order valence-corrected chi connectivity index (χ2v) is 6.61. The molecule has 1 fully saturated rings. The maximum atomic E-state index is 12.1. The van der Waals surface area contributed by atoms with Crippen LogP contribution in [0.1, 0.15) is 6.92 Å². The van der Waals surface area contributed by atoms with Gasteiger partial charge in [-0.2, -0.15) is 0 Å². The second kappa shape index (κ2) is 7.22. The van der Waals surface area contributed by atoms with E-state index in [1.807, 2.05) is 36.1 Å². The normalized spacial score (nSPS) is 22.0. The Hall–Kier alpha value is -1.15. The fourth-order valence-corrected chi connectivity index (χ4v) is 3.17. The predicted octanol–water partition coefficient (Wildman–Crippen LogP) is 1.97. The molecule has 1 aliphatic heterocycles. The SMILES string of the molecule is COC(=O)C1CN(CC(=O)Nc2cccc(I)c2)CC1C. The lowest BCUT2D eigenvalue weighted by atomic mass is 9.99. The number of nitrogens with one attached hydrogen (secondary N) is 1. The predicted molar refractivity (Wildman–Crippen MR) is 88.9 cm³/mol. The first kappa shape index (κ1) is 16.2. The summed E-state index contributed by atoms with van der Waals surface area (Å²) >= 11 is 2.21. The third-order valence-electron chi connectivity index (χ3n) is 3.67. The van der Waals surface area contributed by atoms with Crippen LogP contribution in [-0.2, 0) is 14.3 Å².